The van der Waals surface area contributed by atoms with Gasteiger partial charge in [0.25, 0.3) is 0 Å². The molecule has 0 bridgehead atoms. The summed E-state index contributed by atoms with van der Waals surface area (Å²) in [6, 6.07) is 0. The van der Waals surface area contributed by atoms with Gasteiger partial charge in [0, 0.05) is 26.1 Å². The van der Waals surface area contributed by atoms with Crippen LogP contribution >= 0.6 is 0 Å². The minimum absolute atomic E-state index is 0.0241. The summed E-state index contributed by atoms with van der Waals surface area (Å²) in [4.78, 5) is 22.1. The number of carbonyl (C=O) groups is 2. The first-order valence-electron chi connectivity index (χ1n) is 8.05. The van der Waals surface area contributed by atoms with Crippen molar-refractivity contribution < 1.29 is 28.5 Å². The first kappa shape index (κ1) is 21.8. The van der Waals surface area contributed by atoms with Crippen LogP contribution in [0.25, 0.3) is 0 Å². The monoisotopic (exact) mass is 334 g/mol. The van der Waals surface area contributed by atoms with E-state index in [4.69, 9.17) is 18.9 Å². The van der Waals surface area contributed by atoms with E-state index in [1.165, 1.54) is 0 Å². The van der Waals surface area contributed by atoms with E-state index in [9.17, 15) is 9.59 Å². The lowest BCUT2D eigenvalue weighted by Gasteiger charge is -2.08. The summed E-state index contributed by atoms with van der Waals surface area (Å²) in [5.74, 6) is -0.116. The maximum atomic E-state index is 11.2. The van der Waals surface area contributed by atoms with E-state index < -0.39 is 0 Å². The molecular formula is C15H30N2O6. The van der Waals surface area contributed by atoms with Crippen molar-refractivity contribution >= 4 is 11.8 Å². The Bertz CT molecular complexity index is 302. The Labute approximate surface area is 138 Å². The Kier molecular flexibility index (Phi) is 16.2. The van der Waals surface area contributed by atoms with Gasteiger partial charge in [-0.3, -0.25) is 9.59 Å². The van der Waals surface area contributed by atoms with Gasteiger partial charge in [0.2, 0.25) is 11.8 Å². The standard InChI is InChI=1S/C15H30N2O6/c1-3-14(18)16-5-7-21-9-11-23-12-10-22-8-6-17-15(19)13-20-4-2/h3-13H2,1-2H3,(H,16,18)(H,17,19). The van der Waals surface area contributed by atoms with Crippen LogP contribution in [0.1, 0.15) is 20.3 Å². The van der Waals surface area contributed by atoms with Crippen LogP contribution in [0.15, 0.2) is 0 Å². The van der Waals surface area contributed by atoms with Crippen molar-refractivity contribution in [1.82, 2.24) is 10.6 Å². The van der Waals surface area contributed by atoms with E-state index in [1.54, 1.807) is 6.92 Å². The number of ether oxygens (including phenoxy) is 4. The molecule has 0 fully saturated rings. The summed E-state index contributed by atoms with van der Waals surface area (Å²) in [5.41, 5.74) is 0. The van der Waals surface area contributed by atoms with Gasteiger partial charge in [0.15, 0.2) is 0 Å². The quantitative estimate of drug-likeness (QED) is 0.377. The number of carbonyl (C=O) groups excluding carboxylic acids is 2. The van der Waals surface area contributed by atoms with Crippen molar-refractivity contribution in [1.29, 1.82) is 0 Å². The van der Waals surface area contributed by atoms with Crippen molar-refractivity contribution in [2.75, 3.05) is 65.9 Å². The zero-order valence-electron chi connectivity index (χ0n) is 14.2. The van der Waals surface area contributed by atoms with Crippen molar-refractivity contribution in [2.24, 2.45) is 0 Å². The molecule has 2 N–H and O–H groups in total. The highest BCUT2D eigenvalue weighted by Gasteiger charge is 1.99. The molecule has 0 saturated heterocycles. The minimum Gasteiger partial charge on any atom is -0.377 e. The Morgan fingerprint density at radius 2 is 1.17 bits per heavy atom. The molecule has 23 heavy (non-hydrogen) atoms. The summed E-state index contributed by atoms with van der Waals surface area (Å²) >= 11 is 0. The van der Waals surface area contributed by atoms with Gasteiger partial charge in [-0.1, -0.05) is 6.92 Å². The van der Waals surface area contributed by atoms with Crippen LogP contribution in [-0.2, 0) is 28.5 Å². The maximum Gasteiger partial charge on any atom is 0.246 e. The van der Waals surface area contributed by atoms with Crippen LogP contribution in [0.5, 0.6) is 0 Å². The third-order valence-corrected chi connectivity index (χ3v) is 2.64. The van der Waals surface area contributed by atoms with Crippen LogP contribution in [0.2, 0.25) is 0 Å². The summed E-state index contributed by atoms with van der Waals surface area (Å²) in [5, 5.41) is 5.40. The highest BCUT2D eigenvalue weighted by atomic mass is 16.5. The van der Waals surface area contributed by atoms with Gasteiger partial charge in [0.05, 0.1) is 39.6 Å². The fraction of sp³-hybridized carbons (Fsp3) is 0.867. The summed E-state index contributed by atoms with van der Waals surface area (Å²) in [6.07, 6.45) is 0.485. The average molecular weight is 334 g/mol. The molecule has 0 rings (SSSR count). The molecule has 0 spiro atoms. The van der Waals surface area contributed by atoms with Crippen LogP contribution in [0, 0.1) is 0 Å². The van der Waals surface area contributed by atoms with E-state index in [1.807, 2.05) is 6.92 Å². The Hall–Kier alpha value is -1.22. The first-order valence-corrected chi connectivity index (χ1v) is 8.05. The van der Waals surface area contributed by atoms with Crippen molar-refractivity contribution in [3.63, 3.8) is 0 Å². The molecule has 0 saturated carbocycles. The lowest BCUT2D eigenvalue weighted by Crippen LogP contribution is -2.30. The highest BCUT2D eigenvalue weighted by Crippen LogP contribution is 1.82. The van der Waals surface area contributed by atoms with Gasteiger partial charge < -0.3 is 29.6 Å². The van der Waals surface area contributed by atoms with Gasteiger partial charge in [-0.2, -0.15) is 0 Å². The predicted molar refractivity (Wildman–Crippen MR) is 85.3 cm³/mol. The SMILES string of the molecule is CCOCC(=O)NCCOCCOCCOCCNC(=O)CC. The Morgan fingerprint density at radius 1 is 0.696 bits per heavy atom. The van der Waals surface area contributed by atoms with Crippen LogP contribution in [-0.4, -0.2) is 77.8 Å². The summed E-state index contributed by atoms with van der Waals surface area (Å²) < 4.78 is 20.9. The fourth-order valence-electron chi connectivity index (χ4n) is 1.44. The van der Waals surface area contributed by atoms with Gasteiger partial charge in [0.1, 0.15) is 6.61 Å². The Balaban J connectivity index is 3.10. The van der Waals surface area contributed by atoms with E-state index in [-0.39, 0.29) is 18.4 Å². The van der Waals surface area contributed by atoms with Crippen molar-refractivity contribution in [3.05, 3.63) is 0 Å². The van der Waals surface area contributed by atoms with Gasteiger partial charge in [-0.05, 0) is 6.92 Å². The van der Waals surface area contributed by atoms with E-state index in [0.717, 1.165) is 0 Å². The molecule has 0 aliphatic carbocycles. The molecule has 0 radical (unpaired) electrons. The molecule has 2 amide bonds. The van der Waals surface area contributed by atoms with Crippen molar-refractivity contribution in [2.45, 2.75) is 20.3 Å². The Morgan fingerprint density at radius 3 is 1.65 bits per heavy atom. The van der Waals surface area contributed by atoms with E-state index >= 15 is 0 Å². The first-order chi connectivity index (χ1) is 11.2. The van der Waals surface area contributed by atoms with Crippen LogP contribution in [0.4, 0.5) is 0 Å². The lowest BCUT2D eigenvalue weighted by atomic mass is 10.4. The molecule has 8 nitrogen and oxygen atoms in total. The van der Waals surface area contributed by atoms with Gasteiger partial charge in [-0.25, -0.2) is 0 Å². The number of hydrogen-bond acceptors (Lipinski definition) is 6. The molecule has 0 heterocycles. The van der Waals surface area contributed by atoms with Gasteiger partial charge in [-0.15, -0.1) is 0 Å². The molecule has 0 aliphatic heterocycles. The highest BCUT2D eigenvalue weighted by molar-refractivity contribution is 5.77. The topological polar surface area (TPSA) is 95.1 Å². The smallest absolute Gasteiger partial charge is 0.246 e. The fourth-order valence-corrected chi connectivity index (χ4v) is 1.44. The summed E-state index contributed by atoms with van der Waals surface area (Å²) in [7, 11) is 0. The van der Waals surface area contributed by atoms with Crippen LogP contribution < -0.4 is 10.6 Å². The lowest BCUT2D eigenvalue weighted by molar-refractivity contribution is -0.125. The molecule has 0 aromatic heterocycles. The second-order valence-corrected chi connectivity index (χ2v) is 4.53. The minimum atomic E-state index is -0.140. The largest absolute Gasteiger partial charge is 0.377 e. The molecule has 0 aromatic carbocycles. The molecule has 0 aromatic rings. The normalized spacial score (nSPS) is 10.5. The number of amides is 2. The zero-order chi connectivity index (χ0) is 17.2. The second kappa shape index (κ2) is 17.1. The summed E-state index contributed by atoms with van der Waals surface area (Å²) in [6.45, 7) is 8.06. The molecule has 0 atom stereocenters. The maximum absolute atomic E-state index is 11.2. The molecule has 0 unspecified atom stereocenters. The molecular weight excluding hydrogens is 304 g/mol. The zero-order valence-corrected chi connectivity index (χ0v) is 14.2. The van der Waals surface area contributed by atoms with Crippen LogP contribution in [0.3, 0.4) is 0 Å². The van der Waals surface area contributed by atoms with Crippen molar-refractivity contribution in [3.8, 4) is 0 Å². The predicted octanol–water partition coefficient (Wildman–Crippen LogP) is -0.285. The van der Waals surface area contributed by atoms with E-state index in [0.29, 0.717) is 65.8 Å². The number of nitrogens with one attached hydrogen (secondary N) is 2. The second-order valence-electron chi connectivity index (χ2n) is 4.53. The van der Waals surface area contributed by atoms with E-state index in [2.05, 4.69) is 10.6 Å². The molecule has 0 aliphatic rings. The third-order valence-electron chi connectivity index (χ3n) is 2.64. The van der Waals surface area contributed by atoms with Gasteiger partial charge >= 0.3 is 0 Å². The number of hydrogen-bond donors (Lipinski definition) is 2. The average Bonchev–Trinajstić information content (AvgIpc) is 2.56. The molecule has 8 heteroatoms. The number of rotatable bonds is 16. The third kappa shape index (κ3) is 17.0. The molecule has 136 valence electrons.